The molecule has 0 aromatic carbocycles. The molecular weight excluding hydrogens is 330 g/mol. The van der Waals surface area contributed by atoms with Gasteiger partial charge in [-0.1, -0.05) is 13.8 Å². The fraction of sp³-hybridized carbons (Fsp3) is 0.600. The van der Waals surface area contributed by atoms with Gasteiger partial charge in [0, 0.05) is 6.42 Å². The van der Waals surface area contributed by atoms with Crippen LogP contribution in [0.3, 0.4) is 0 Å². The fourth-order valence-electron chi connectivity index (χ4n) is 2.79. The molecule has 0 saturated carbocycles. The van der Waals surface area contributed by atoms with Gasteiger partial charge >= 0.3 is 0 Å². The zero-order valence-corrected chi connectivity index (χ0v) is 13.9. The van der Waals surface area contributed by atoms with E-state index in [9.17, 15) is 20.1 Å². The van der Waals surface area contributed by atoms with Crippen molar-refractivity contribution < 1.29 is 24.9 Å². The third-order valence-corrected chi connectivity index (χ3v) is 4.00. The van der Waals surface area contributed by atoms with Crippen LogP contribution in [-0.4, -0.2) is 65.7 Å². The topological polar surface area (TPSA) is 143 Å². The lowest BCUT2D eigenvalue weighted by Gasteiger charge is -2.16. The number of rotatable bonds is 5. The maximum absolute atomic E-state index is 12.0. The number of hydrogen-bond donors (Lipinski definition) is 4. The van der Waals surface area contributed by atoms with Crippen LogP contribution in [0, 0.1) is 5.92 Å². The van der Waals surface area contributed by atoms with E-state index in [-0.39, 0.29) is 17.6 Å². The minimum Gasteiger partial charge on any atom is -0.394 e. The Labute approximate surface area is 143 Å². The maximum Gasteiger partial charge on any atom is 0.225 e. The summed E-state index contributed by atoms with van der Waals surface area (Å²) in [5.74, 6) is 0.285. The number of aromatic nitrogens is 4. The maximum atomic E-state index is 12.0. The standard InChI is InChI=1S/C15H21N5O5/c1-7(2)3-9(22)19-13-10-14(17-5-16-13)20(6-18-10)15-12(24)11(23)8(4-21)25-15/h5-8,11-12,15,21,23-24H,3-4H2,1-2H3,(H,16,17,19,22)/t8-,11-,12-,15-/m1/s1. The average Bonchev–Trinajstić information content (AvgIpc) is 3.10. The predicted molar refractivity (Wildman–Crippen MR) is 86.4 cm³/mol. The minimum absolute atomic E-state index is 0.183. The number of imidazole rings is 1. The van der Waals surface area contributed by atoms with Crippen LogP contribution in [0.15, 0.2) is 12.7 Å². The van der Waals surface area contributed by atoms with Crippen LogP contribution in [0.4, 0.5) is 5.82 Å². The molecule has 4 N–H and O–H groups in total. The summed E-state index contributed by atoms with van der Waals surface area (Å²) < 4.78 is 6.93. The highest BCUT2D eigenvalue weighted by Crippen LogP contribution is 2.32. The van der Waals surface area contributed by atoms with Gasteiger partial charge in [0.25, 0.3) is 0 Å². The van der Waals surface area contributed by atoms with Gasteiger partial charge in [-0.15, -0.1) is 0 Å². The van der Waals surface area contributed by atoms with Gasteiger partial charge in [0.05, 0.1) is 12.9 Å². The summed E-state index contributed by atoms with van der Waals surface area (Å²) >= 11 is 0. The molecular formula is C15H21N5O5. The van der Waals surface area contributed by atoms with Crippen LogP contribution in [0.1, 0.15) is 26.5 Å². The molecule has 0 unspecified atom stereocenters. The number of aliphatic hydroxyl groups is 3. The van der Waals surface area contributed by atoms with Crippen molar-refractivity contribution in [3.63, 3.8) is 0 Å². The Morgan fingerprint density at radius 2 is 2.08 bits per heavy atom. The molecule has 0 spiro atoms. The third kappa shape index (κ3) is 3.33. The second-order valence-corrected chi connectivity index (χ2v) is 6.42. The quantitative estimate of drug-likeness (QED) is 0.560. The lowest BCUT2D eigenvalue weighted by Crippen LogP contribution is -2.33. The van der Waals surface area contributed by atoms with Gasteiger partial charge < -0.3 is 25.4 Å². The van der Waals surface area contributed by atoms with Crippen molar-refractivity contribution in [2.75, 3.05) is 11.9 Å². The number of nitrogens with zero attached hydrogens (tertiary/aromatic N) is 4. The summed E-state index contributed by atoms with van der Waals surface area (Å²) in [5, 5.41) is 32.0. The van der Waals surface area contributed by atoms with Crippen molar-refractivity contribution in [2.45, 2.75) is 44.8 Å². The highest BCUT2D eigenvalue weighted by Gasteiger charge is 2.44. The second-order valence-electron chi connectivity index (χ2n) is 6.42. The molecule has 1 aliphatic heterocycles. The first kappa shape index (κ1) is 17.7. The van der Waals surface area contributed by atoms with E-state index in [1.165, 1.54) is 17.2 Å². The Balaban J connectivity index is 1.90. The van der Waals surface area contributed by atoms with Crippen molar-refractivity contribution in [3.05, 3.63) is 12.7 Å². The van der Waals surface area contributed by atoms with E-state index in [1.54, 1.807) is 0 Å². The van der Waals surface area contributed by atoms with Crippen LogP contribution >= 0.6 is 0 Å². The Bertz CT molecular complexity index is 764. The second kappa shape index (κ2) is 7.00. The number of ether oxygens (including phenoxy) is 1. The van der Waals surface area contributed by atoms with Gasteiger partial charge in [-0.2, -0.15) is 0 Å². The first-order chi connectivity index (χ1) is 11.9. The minimum atomic E-state index is -1.25. The van der Waals surface area contributed by atoms with Crippen molar-refractivity contribution >= 4 is 22.9 Å². The third-order valence-electron chi connectivity index (χ3n) is 4.00. The molecule has 0 radical (unpaired) electrons. The molecule has 25 heavy (non-hydrogen) atoms. The summed E-state index contributed by atoms with van der Waals surface area (Å²) in [4.78, 5) is 24.3. The highest BCUT2D eigenvalue weighted by molar-refractivity contribution is 5.96. The summed E-state index contributed by atoms with van der Waals surface area (Å²) in [6, 6.07) is 0. The SMILES string of the molecule is CC(C)CC(=O)Nc1ncnc2c1ncn2[C@@H]1O[C@H](CO)[C@@H](O)[C@H]1O. The zero-order chi connectivity index (χ0) is 18.1. The summed E-state index contributed by atoms with van der Waals surface area (Å²) in [6.07, 6.45) is -1.32. The Kier molecular flexibility index (Phi) is 4.95. The monoisotopic (exact) mass is 351 g/mol. The number of fused-ring (bicyclic) bond motifs is 1. The van der Waals surface area contributed by atoms with Crippen LogP contribution in [0.2, 0.25) is 0 Å². The molecule has 1 amide bonds. The van der Waals surface area contributed by atoms with Crippen LogP contribution < -0.4 is 5.32 Å². The first-order valence-electron chi connectivity index (χ1n) is 8.02. The van der Waals surface area contributed by atoms with E-state index in [2.05, 4.69) is 20.3 Å². The molecule has 136 valence electrons. The molecule has 4 atom stereocenters. The van der Waals surface area contributed by atoms with Crippen LogP contribution in [-0.2, 0) is 9.53 Å². The van der Waals surface area contributed by atoms with Gasteiger partial charge in [0.1, 0.15) is 24.6 Å². The van der Waals surface area contributed by atoms with Gasteiger partial charge in [-0.25, -0.2) is 15.0 Å². The van der Waals surface area contributed by atoms with Crippen LogP contribution in [0.25, 0.3) is 11.2 Å². The van der Waals surface area contributed by atoms with Crippen molar-refractivity contribution in [1.82, 2.24) is 19.5 Å². The van der Waals surface area contributed by atoms with Gasteiger partial charge in [0.15, 0.2) is 23.2 Å². The Morgan fingerprint density at radius 1 is 1.32 bits per heavy atom. The van der Waals surface area contributed by atoms with E-state index >= 15 is 0 Å². The number of aliphatic hydroxyl groups excluding tert-OH is 3. The lowest BCUT2D eigenvalue weighted by atomic mass is 10.1. The average molecular weight is 351 g/mol. The largest absolute Gasteiger partial charge is 0.394 e. The molecule has 1 saturated heterocycles. The lowest BCUT2D eigenvalue weighted by molar-refractivity contribution is -0.116. The molecule has 3 rings (SSSR count). The number of nitrogens with one attached hydrogen (secondary N) is 1. The molecule has 3 heterocycles. The molecule has 10 nitrogen and oxygen atoms in total. The number of carbonyl (C=O) groups excluding carboxylic acids is 1. The smallest absolute Gasteiger partial charge is 0.225 e. The molecule has 2 aromatic rings. The normalized spacial score (nSPS) is 26.5. The Hall–Kier alpha value is -2.14. The first-order valence-corrected chi connectivity index (χ1v) is 8.02. The molecule has 2 aromatic heterocycles. The number of hydrogen-bond acceptors (Lipinski definition) is 8. The molecule has 0 aliphatic carbocycles. The van der Waals surface area contributed by atoms with E-state index in [0.29, 0.717) is 17.6 Å². The molecule has 0 bridgehead atoms. The number of amides is 1. The van der Waals surface area contributed by atoms with Gasteiger partial charge in [-0.05, 0) is 5.92 Å². The van der Waals surface area contributed by atoms with Crippen molar-refractivity contribution in [3.8, 4) is 0 Å². The van der Waals surface area contributed by atoms with E-state index in [4.69, 9.17) is 4.74 Å². The summed E-state index contributed by atoms with van der Waals surface area (Å²) in [7, 11) is 0. The van der Waals surface area contributed by atoms with Gasteiger partial charge in [-0.3, -0.25) is 9.36 Å². The van der Waals surface area contributed by atoms with Gasteiger partial charge in [0.2, 0.25) is 5.91 Å². The molecule has 1 aliphatic rings. The van der Waals surface area contributed by atoms with E-state index < -0.39 is 31.1 Å². The Morgan fingerprint density at radius 3 is 2.72 bits per heavy atom. The highest BCUT2D eigenvalue weighted by atomic mass is 16.6. The van der Waals surface area contributed by atoms with E-state index in [0.717, 1.165) is 0 Å². The predicted octanol–water partition coefficient (Wildman–Crippen LogP) is -0.578. The molecule has 1 fully saturated rings. The molecule has 10 heteroatoms. The van der Waals surface area contributed by atoms with E-state index in [1.807, 2.05) is 13.8 Å². The zero-order valence-electron chi connectivity index (χ0n) is 13.9. The number of anilines is 1. The summed E-state index contributed by atoms with van der Waals surface area (Å²) in [6.45, 7) is 3.45. The van der Waals surface area contributed by atoms with Crippen LogP contribution in [0.5, 0.6) is 0 Å². The van der Waals surface area contributed by atoms with Crippen molar-refractivity contribution in [1.29, 1.82) is 0 Å². The number of carbonyl (C=O) groups is 1. The summed E-state index contributed by atoms with van der Waals surface area (Å²) in [5.41, 5.74) is 0.682. The fourth-order valence-corrected chi connectivity index (χ4v) is 2.79. The van der Waals surface area contributed by atoms with Crippen molar-refractivity contribution in [2.24, 2.45) is 5.92 Å².